The molecule has 0 aliphatic carbocycles. The Bertz CT molecular complexity index is 975. The number of carbonyl (C=O) groups is 4. The molecule has 2 aromatic carbocycles. The van der Waals surface area contributed by atoms with E-state index in [-0.39, 0.29) is 6.42 Å². The predicted octanol–water partition coefficient (Wildman–Crippen LogP) is 0.931. The second-order valence-corrected chi connectivity index (χ2v) is 7.02. The van der Waals surface area contributed by atoms with Gasteiger partial charge in [-0.15, -0.1) is 0 Å². The Labute approximate surface area is 179 Å². The molecule has 3 atom stereocenters. The zero-order valence-corrected chi connectivity index (χ0v) is 16.9. The van der Waals surface area contributed by atoms with Crippen molar-refractivity contribution in [3.8, 4) is 0 Å². The smallest absolute Gasteiger partial charge is 0.304 e. The van der Waals surface area contributed by atoms with Gasteiger partial charge in [-0.2, -0.15) is 0 Å². The first-order valence-electron chi connectivity index (χ1n) is 9.78. The van der Waals surface area contributed by atoms with Crippen molar-refractivity contribution in [3.63, 3.8) is 0 Å². The van der Waals surface area contributed by atoms with Gasteiger partial charge in [0.15, 0.2) is 6.04 Å². The van der Waals surface area contributed by atoms with Crippen molar-refractivity contribution in [1.82, 2.24) is 16.0 Å². The minimum Gasteiger partial charge on any atom is -0.439 e. The van der Waals surface area contributed by atoms with Crippen LogP contribution >= 0.6 is 0 Å². The van der Waals surface area contributed by atoms with Crippen LogP contribution in [0.5, 0.6) is 0 Å². The summed E-state index contributed by atoms with van der Waals surface area (Å²) < 4.78 is 4.95. The Hall–Kier alpha value is -3.94. The highest BCUT2D eigenvalue weighted by Crippen LogP contribution is 2.10. The van der Waals surface area contributed by atoms with Crippen LogP contribution < -0.4 is 16.0 Å². The summed E-state index contributed by atoms with van der Waals surface area (Å²) in [4.78, 5) is 48.3. The molecule has 0 bridgehead atoms. The summed E-state index contributed by atoms with van der Waals surface area (Å²) in [7, 11) is 0. The number of β-lactam (4-membered cyclic amide) rings is 1. The van der Waals surface area contributed by atoms with E-state index in [1.165, 1.54) is 13.0 Å². The number of hydrogen-bond acceptors (Lipinski definition) is 5. The molecule has 8 nitrogen and oxygen atoms in total. The van der Waals surface area contributed by atoms with Crippen LogP contribution in [0.25, 0.3) is 6.08 Å². The fourth-order valence-corrected chi connectivity index (χ4v) is 3.04. The molecule has 1 aliphatic rings. The lowest BCUT2D eigenvalue weighted by Gasteiger charge is -2.36. The second-order valence-electron chi connectivity index (χ2n) is 7.02. The molecule has 3 rings (SSSR count). The molecule has 3 N–H and O–H groups in total. The van der Waals surface area contributed by atoms with Crippen LogP contribution in [0.3, 0.4) is 0 Å². The van der Waals surface area contributed by atoms with E-state index in [2.05, 4.69) is 16.0 Å². The molecule has 1 saturated heterocycles. The highest BCUT2D eigenvalue weighted by atomic mass is 16.6. The van der Waals surface area contributed by atoms with Gasteiger partial charge in [0.05, 0.1) is 0 Å². The van der Waals surface area contributed by atoms with Crippen LogP contribution in [0.2, 0.25) is 0 Å². The zero-order valence-electron chi connectivity index (χ0n) is 16.9. The second kappa shape index (κ2) is 10.2. The van der Waals surface area contributed by atoms with Crippen LogP contribution in [0.1, 0.15) is 18.1 Å². The number of rotatable bonds is 8. The molecular formula is C23H23N3O5. The monoisotopic (exact) mass is 421 g/mol. The molecule has 1 heterocycles. The molecule has 1 fully saturated rings. The molecule has 3 amide bonds. The number of benzene rings is 2. The van der Waals surface area contributed by atoms with Crippen molar-refractivity contribution in [3.05, 3.63) is 77.9 Å². The van der Waals surface area contributed by atoms with E-state index < -0.39 is 42.0 Å². The maximum Gasteiger partial charge on any atom is 0.304 e. The van der Waals surface area contributed by atoms with E-state index in [1.54, 1.807) is 6.08 Å². The SMILES string of the molecule is CC(=O)O[C@@H]1NC(=O)[C@H]1NC(=O)[C@H](Cc1ccccc1)NC(=O)/C=C/c1ccccc1. The van der Waals surface area contributed by atoms with Gasteiger partial charge in [0, 0.05) is 19.4 Å². The van der Waals surface area contributed by atoms with Gasteiger partial charge < -0.3 is 20.7 Å². The Morgan fingerprint density at radius 2 is 1.71 bits per heavy atom. The lowest BCUT2D eigenvalue weighted by Crippen LogP contribution is -2.71. The molecule has 0 spiro atoms. The third-order valence-corrected chi connectivity index (χ3v) is 4.60. The largest absolute Gasteiger partial charge is 0.439 e. The van der Waals surface area contributed by atoms with Gasteiger partial charge in [0.25, 0.3) is 5.91 Å². The molecule has 0 unspecified atom stereocenters. The highest BCUT2D eigenvalue weighted by molar-refractivity contribution is 5.98. The summed E-state index contributed by atoms with van der Waals surface area (Å²) in [6, 6.07) is 16.5. The summed E-state index contributed by atoms with van der Waals surface area (Å²) in [6.07, 6.45) is 2.28. The van der Waals surface area contributed by atoms with Crippen LogP contribution in [0.4, 0.5) is 0 Å². The first-order valence-corrected chi connectivity index (χ1v) is 9.78. The highest BCUT2D eigenvalue weighted by Gasteiger charge is 2.43. The predicted molar refractivity (Wildman–Crippen MR) is 113 cm³/mol. The van der Waals surface area contributed by atoms with Gasteiger partial charge in [-0.25, -0.2) is 0 Å². The quantitative estimate of drug-likeness (QED) is 0.333. The van der Waals surface area contributed by atoms with Crippen molar-refractivity contribution in [1.29, 1.82) is 0 Å². The number of nitrogens with one attached hydrogen (secondary N) is 3. The molecule has 31 heavy (non-hydrogen) atoms. The summed E-state index contributed by atoms with van der Waals surface area (Å²) >= 11 is 0. The number of amides is 3. The number of carbonyl (C=O) groups excluding carboxylic acids is 4. The average Bonchev–Trinajstić information content (AvgIpc) is 2.76. The number of ether oxygens (including phenoxy) is 1. The fraction of sp³-hybridized carbons (Fsp3) is 0.217. The van der Waals surface area contributed by atoms with E-state index in [1.807, 2.05) is 60.7 Å². The molecule has 1 aliphatic heterocycles. The summed E-state index contributed by atoms with van der Waals surface area (Å²) in [6.45, 7) is 1.21. The van der Waals surface area contributed by atoms with E-state index in [0.29, 0.717) is 0 Å². The average molecular weight is 421 g/mol. The first kappa shape index (κ1) is 21.8. The van der Waals surface area contributed by atoms with Crippen molar-refractivity contribution in [2.75, 3.05) is 0 Å². The van der Waals surface area contributed by atoms with Crippen LogP contribution in [-0.2, 0) is 30.3 Å². The van der Waals surface area contributed by atoms with Gasteiger partial charge in [0.2, 0.25) is 18.0 Å². The van der Waals surface area contributed by atoms with Crippen LogP contribution in [0.15, 0.2) is 66.7 Å². The lowest BCUT2D eigenvalue weighted by atomic mass is 10.0. The minimum absolute atomic E-state index is 0.226. The summed E-state index contributed by atoms with van der Waals surface area (Å²) in [5.74, 6) is -2.05. The maximum atomic E-state index is 12.9. The van der Waals surface area contributed by atoms with Crippen molar-refractivity contribution < 1.29 is 23.9 Å². The van der Waals surface area contributed by atoms with Crippen LogP contribution in [-0.4, -0.2) is 42.0 Å². The number of hydrogen-bond donors (Lipinski definition) is 3. The Morgan fingerprint density at radius 3 is 2.32 bits per heavy atom. The molecular weight excluding hydrogens is 398 g/mol. The van der Waals surface area contributed by atoms with Gasteiger partial charge in [-0.05, 0) is 17.2 Å². The van der Waals surface area contributed by atoms with Crippen LogP contribution in [0, 0.1) is 0 Å². The standard InChI is InChI=1S/C23H23N3O5/c1-15(27)31-23-20(22(30)26-23)25-21(29)18(14-17-10-6-3-7-11-17)24-19(28)13-12-16-8-4-2-5-9-16/h2-13,18,20,23H,14H2,1H3,(H,24,28)(H,25,29)(H,26,30)/b13-12+/t18-,20+,23-/m0/s1. The van der Waals surface area contributed by atoms with Gasteiger partial charge in [-0.3, -0.25) is 19.2 Å². The maximum absolute atomic E-state index is 12.9. The van der Waals surface area contributed by atoms with Gasteiger partial charge >= 0.3 is 5.97 Å². The Kier molecular flexibility index (Phi) is 7.16. The Balaban J connectivity index is 1.69. The Morgan fingerprint density at radius 1 is 1.06 bits per heavy atom. The molecule has 0 aromatic heterocycles. The van der Waals surface area contributed by atoms with E-state index in [0.717, 1.165) is 11.1 Å². The first-order chi connectivity index (χ1) is 14.9. The molecule has 0 saturated carbocycles. The van der Waals surface area contributed by atoms with Crippen molar-refractivity contribution >= 4 is 29.8 Å². The fourth-order valence-electron chi connectivity index (χ4n) is 3.04. The zero-order chi connectivity index (χ0) is 22.2. The lowest BCUT2D eigenvalue weighted by molar-refractivity contribution is -0.164. The minimum atomic E-state index is -1.01. The van der Waals surface area contributed by atoms with Gasteiger partial charge in [-0.1, -0.05) is 60.7 Å². The third kappa shape index (κ3) is 6.27. The van der Waals surface area contributed by atoms with E-state index in [4.69, 9.17) is 4.74 Å². The third-order valence-electron chi connectivity index (χ3n) is 4.60. The molecule has 0 radical (unpaired) electrons. The van der Waals surface area contributed by atoms with E-state index >= 15 is 0 Å². The normalized spacial score (nSPS) is 18.4. The molecule has 160 valence electrons. The van der Waals surface area contributed by atoms with Crippen molar-refractivity contribution in [2.45, 2.75) is 31.7 Å². The molecule has 8 heteroatoms. The number of esters is 1. The van der Waals surface area contributed by atoms with Gasteiger partial charge in [0.1, 0.15) is 6.04 Å². The topological polar surface area (TPSA) is 114 Å². The summed E-state index contributed by atoms with van der Waals surface area (Å²) in [5, 5.41) is 7.64. The summed E-state index contributed by atoms with van der Waals surface area (Å²) in [5.41, 5.74) is 1.68. The van der Waals surface area contributed by atoms with Crippen molar-refractivity contribution in [2.24, 2.45) is 0 Å². The van der Waals surface area contributed by atoms with E-state index in [9.17, 15) is 19.2 Å². The molecule has 2 aromatic rings.